The Morgan fingerprint density at radius 2 is 1.69 bits per heavy atom. The minimum Gasteiger partial charge on any atom is -0.328 e. The molecule has 1 aromatic carbocycles. The molecule has 2 aliphatic rings. The Bertz CT molecular complexity index is 365. The smallest absolute Gasteiger partial charge is 0.211 e. The largest absolute Gasteiger partial charge is 0.328 e. The van der Waals surface area contributed by atoms with Crippen LogP contribution in [-0.2, 0) is 30.5 Å². The van der Waals surface area contributed by atoms with Crippen molar-refractivity contribution in [3.63, 3.8) is 0 Å². The van der Waals surface area contributed by atoms with Gasteiger partial charge in [0.05, 0.1) is 0 Å². The number of rotatable bonds is 2. The predicted molar refractivity (Wildman–Crippen MR) is 50.9 cm³/mol. The van der Waals surface area contributed by atoms with Crippen LogP contribution in [0.2, 0.25) is 0 Å². The van der Waals surface area contributed by atoms with Crippen LogP contribution in [0, 0.1) is 0 Å². The SMILES string of the molecule is O=CNc1c2c(cc3c1CC3)CC2. The molecule has 0 bridgehead atoms. The van der Waals surface area contributed by atoms with Crippen LogP contribution in [0.5, 0.6) is 0 Å². The van der Waals surface area contributed by atoms with E-state index in [2.05, 4.69) is 11.4 Å². The van der Waals surface area contributed by atoms with Crippen LogP contribution < -0.4 is 5.32 Å². The van der Waals surface area contributed by atoms with Gasteiger partial charge in [0, 0.05) is 5.69 Å². The number of hydrogen-bond acceptors (Lipinski definition) is 1. The van der Waals surface area contributed by atoms with Crippen molar-refractivity contribution in [2.75, 3.05) is 5.32 Å². The van der Waals surface area contributed by atoms with Crippen molar-refractivity contribution in [3.05, 3.63) is 28.3 Å². The van der Waals surface area contributed by atoms with Gasteiger partial charge in [0.15, 0.2) is 0 Å². The molecule has 0 saturated heterocycles. The first-order valence-electron chi connectivity index (χ1n) is 4.77. The van der Waals surface area contributed by atoms with Crippen molar-refractivity contribution >= 4 is 12.1 Å². The van der Waals surface area contributed by atoms with Crippen molar-refractivity contribution in [1.82, 2.24) is 0 Å². The lowest BCUT2D eigenvalue weighted by atomic mass is 9.76. The molecule has 2 heteroatoms. The second kappa shape index (κ2) is 2.34. The minimum atomic E-state index is 0.798. The fourth-order valence-electron chi connectivity index (χ4n) is 2.30. The summed E-state index contributed by atoms with van der Waals surface area (Å²) in [5.74, 6) is 0. The molecular formula is C11H11NO. The second-order valence-corrected chi connectivity index (χ2v) is 3.79. The van der Waals surface area contributed by atoms with E-state index in [1.807, 2.05) is 0 Å². The number of carbonyl (C=O) groups is 1. The second-order valence-electron chi connectivity index (χ2n) is 3.79. The zero-order chi connectivity index (χ0) is 8.84. The van der Waals surface area contributed by atoms with Crippen molar-refractivity contribution < 1.29 is 4.79 Å². The number of aryl methyl sites for hydroxylation is 2. The molecule has 66 valence electrons. The van der Waals surface area contributed by atoms with Gasteiger partial charge in [0.2, 0.25) is 6.41 Å². The molecule has 0 fully saturated rings. The van der Waals surface area contributed by atoms with E-state index in [1.165, 1.54) is 35.1 Å². The molecule has 1 N–H and O–H groups in total. The predicted octanol–water partition coefficient (Wildman–Crippen LogP) is 1.45. The highest BCUT2D eigenvalue weighted by Crippen LogP contribution is 2.40. The Morgan fingerprint density at radius 1 is 1.08 bits per heavy atom. The quantitative estimate of drug-likeness (QED) is 0.674. The summed E-state index contributed by atoms with van der Waals surface area (Å²) < 4.78 is 0. The molecule has 0 aliphatic heterocycles. The van der Waals surface area contributed by atoms with Crippen molar-refractivity contribution in [2.24, 2.45) is 0 Å². The van der Waals surface area contributed by atoms with E-state index in [4.69, 9.17) is 0 Å². The highest BCUT2D eigenvalue weighted by atomic mass is 16.1. The first-order valence-corrected chi connectivity index (χ1v) is 4.77. The van der Waals surface area contributed by atoms with Crippen LogP contribution in [-0.4, -0.2) is 6.41 Å². The molecule has 0 unspecified atom stereocenters. The summed E-state index contributed by atoms with van der Waals surface area (Å²) in [6, 6.07) is 2.31. The number of hydrogen-bond donors (Lipinski definition) is 1. The van der Waals surface area contributed by atoms with Crippen LogP contribution >= 0.6 is 0 Å². The Kier molecular flexibility index (Phi) is 1.29. The van der Waals surface area contributed by atoms with Gasteiger partial charge in [0.1, 0.15) is 0 Å². The Hall–Kier alpha value is -1.31. The topological polar surface area (TPSA) is 29.1 Å². The number of fused-ring (bicyclic) bond motifs is 2. The molecule has 13 heavy (non-hydrogen) atoms. The first-order chi connectivity index (χ1) is 6.40. The summed E-state index contributed by atoms with van der Waals surface area (Å²) in [5, 5.41) is 2.85. The van der Waals surface area contributed by atoms with E-state index >= 15 is 0 Å². The van der Waals surface area contributed by atoms with Crippen LogP contribution in [0.25, 0.3) is 0 Å². The monoisotopic (exact) mass is 173 g/mol. The lowest BCUT2D eigenvalue weighted by Crippen LogP contribution is -2.21. The van der Waals surface area contributed by atoms with Crippen molar-refractivity contribution in [2.45, 2.75) is 25.7 Å². The normalized spacial score (nSPS) is 16.3. The van der Waals surface area contributed by atoms with Crippen molar-refractivity contribution in [1.29, 1.82) is 0 Å². The van der Waals surface area contributed by atoms with E-state index in [9.17, 15) is 4.79 Å². The summed E-state index contributed by atoms with van der Waals surface area (Å²) in [5.41, 5.74) is 6.78. The van der Waals surface area contributed by atoms with Gasteiger partial charge < -0.3 is 5.32 Å². The van der Waals surface area contributed by atoms with Gasteiger partial charge in [-0.3, -0.25) is 4.79 Å². The molecule has 1 amide bonds. The number of nitrogens with one attached hydrogen (secondary N) is 1. The Balaban J connectivity index is 2.19. The van der Waals surface area contributed by atoms with Crippen LogP contribution in [0.1, 0.15) is 22.3 Å². The molecule has 1 aromatic rings. The number of carbonyl (C=O) groups excluding carboxylic acids is 1. The average molecular weight is 173 g/mol. The maximum Gasteiger partial charge on any atom is 0.211 e. The first kappa shape index (κ1) is 7.13. The zero-order valence-electron chi connectivity index (χ0n) is 7.39. The molecule has 0 radical (unpaired) electrons. The molecule has 0 heterocycles. The molecule has 0 spiro atoms. The molecular weight excluding hydrogens is 162 g/mol. The van der Waals surface area contributed by atoms with E-state index in [1.54, 1.807) is 0 Å². The summed E-state index contributed by atoms with van der Waals surface area (Å²) in [6.07, 6.45) is 5.45. The third-order valence-electron chi connectivity index (χ3n) is 3.22. The van der Waals surface area contributed by atoms with Gasteiger partial charge in [0.25, 0.3) is 0 Å². The lowest BCUT2D eigenvalue weighted by molar-refractivity contribution is -0.105. The molecule has 0 aromatic heterocycles. The third-order valence-corrected chi connectivity index (χ3v) is 3.22. The lowest BCUT2D eigenvalue weighted by Gasteiger charge is -2.31. The summed E-state index contributed by atoms with van der Waals surface area (Å²) in [4.78, 5) is 10.4. The number of anilines is 1. The van der Waals surface area contributed by atoms with Crippen LogP contribution in [0.3, 0.4) is 0 Å². The highest BCUT2D eigenvalue weighted by Gasteiger charge is 2.26. The maximum absolute atomic E-state index is 10.4. The Labute approximate surface area is 77.0 Å². The van der Waals surface area contributed by atoms with E-state index < -0.39 is 0 Å². The summed E-state index contributed by atoms with van der Waals surface area (Å²) in [7, 11) is 0. The van der Waals surface area contributed by atoms with Crippen LogP contribution in [0.4, 0.5) is 5.69 Å². The standard InChI is InChI=1S/C11H11NO/c13-6-12-11-9-3-1-7(9)5-8-2-4-10(8)11/h5-6H,1-4H2,(H,12,13). The molecule has 0 saturated carbocycles. The Morgan fingerprint density at radius 3 is 2.08 bits per heavy atom. The van der Waals surface area contributed by atoms with Gasteiger partial charge in [-0.05, 0) is 47.9 Å². The van der Waals surface area contributed by atoms with Gasteiger partial charge in [-0.2, -0.15) is 0 Å². The number of amides is 1. The summed E-state index contributed by atoms with van der Waals surface area (Å²) >= 11 is 0. The maximum atomic E-state index is 10.4. The van der Waals surface area contributed by atoms with E-state index in [0.717, 1.165) is 24.9 Å². The summed E-state index contributed by atoms with van der Waals surface area (Å²) in [6.45, 7) is 0. The van der Waals surface area contributed by atoms with Gasteiger partial charge in [-0.25, -0.2) is 0 Å². The third kappa shape index (κ3) is 0.804. The average Bonchev–Trinajstić information content (AvgIpc) is 1.99. The van der Waals surface area contributed by atoms with Gasteiger partial charge >= 0.3 is 0 Å². The zero-order valence-corrected chi connectivity index (χ0v) is 7.39. The van der Waals surface area contributed by atoms with Crippen LogP contribution in [0.15, 0.2) is 6.07 Å². The molecule has 0 atom stereocenters. The molecule has 3 rings (SSSR count). The molecule has 2 nitrogen and oxygen atoms in total. The molecule has 2 aliphatic carbocycles. The van der Waals surface area contributed by atoms with Crippen molar-refractivity contribution in [3.8, 4) is 0 Å². The number of benzene rings is 1. The van der Waals surface area contributed by atoms with E-state index in [0.29, 0.717) is 0 Å². The minimum absolute atomic E-state index is 0.798. The fraction of sp³-hybridized carbons (Fsp3) is 0.364. The van der Waals surface area contributed by atoms with E-state index in [-0.39, 0.29) is 0 Å². The fourth-order valence-corrected chi connectivity index (χ4v) is 2.30. The van der Waals surface area contributed by atoms with Gasteiger partial charge in [-0.15, -0.1) is 0 Å². The van der Waals surface area contributed by atoms with Gasteiger partial charge in [-0.1, -0.05) is 6.07 Å². The highest BCUT2D eigenvalue weighted by molar-refractivity contribution is 5.80.